The van der Waals surface area contributed by atoms with Gasteiger partial charge in [0.2, 0.25) is 12.2 Å². The van der Waals surface area contributed by atoms with E-state index in [-0.39, 0.29) is 0 Å². The lowest BCUT2D eigenvalue weighted by atomic mass is 9.84. The Morgan fingerprint density at radius 1 is 0.839 bits per heavy atom. The lowest BCUT2D eigenvalue weighted by Crippen LogP contribution is -2.65. The number of rotatable bonds is 8. The minimum Gasteiger partial charge on any atom is -0.480 e. The van der Waals surface area contributed by atoms with Crippen LogP contribution in [0.2, 0.25) is 0 Å². The number of esters is 4. The number of hydrogen-bond donors (Lipinski definition) is 2. The number of carboxylic acids is 1. The van der Waals surface area contributed by atoms with Crippen LogP contribution < -0.4 is 5.32 Å². The molecule has 13 nitrogen and oxygen atoms in total. The molecule has 2 N–H and O–H groups in total. The fourth-order valence-electron chi connectivity index (χ4n) is 3.09. The van der Waals surface area contributed by atoms with Gasteiger partial charge in [-0.3, -0.25) is 24.0 Å². The second kappa shape index (κ2) is 11.2. The van der Waals surface area contributed by atoms with Crippen LogP contribution in [0.15, 0.2) is 0 Å². The Balaban J connectivity index is 3.55. The number of hydrogen-bond acceptors (Lipinski definition) is 11. The molecule has 1 fully saturated rings. The van der Waals surface area contributed by atoms with Crippen LogP contribution in [0, 0.1) is 5.92 Å². The molecule has 1 aliphatic heterocycles. The number of nitrogens with one attached hydrogen (secondary N) is 1. The van der Waals surface area contributed by atoms with Crippen molar-refractivity contribution in [3.8, 4) is 0 Å². The van der Waals surface area contributed by atoms with Crippen molar-refractivity contribution in [2.45, 2.75) is 65.3 Å². The quantitative estimate of drug-likeness (QED) is 0.339. The molecule has 0 saturated carbocycles. The fourth-order valence-corrected chi connectivity index (χ4v) is 3.09. The van der Waals surface area contributed by atoms with E-state index < -0.39 is 78.9 Å². The molecular formula is C18H25NO12. The molecule has 0 unspecified atom stereocenters. The summed E-state index contributed by atoms with van der Waals surface area (Å²) in [7, 11) is 0. The Labute approximate surface area is 177 Å². The van der Waals surface area contributed by atoms with Crippen molar-refractivity contribution in [2.75, 3.05) is 6.61 Å². The van der Waals surface area contributed by atoms with Crippen LogP contribution in [0.1, 0.15) is 34.6 Å². The monoisotopic (exact) mass is 447 g/mol. The molecule has 0 aromatic rings. The molecule has 0 bridgehead atoms. The van der Waals surface area contributed by atoms with Crippen molar-refractivity contribution in [2.24, 2.45) is 5.92 Å². The van der Waals surface area contributed by atoms with Gasteiger partial charge in [-0.05, 0) is 0 Å². The highest BCUT2D eigenvalue weighted by atomic mass is 16.7. The van der Waals surface area contributed by atoms with Gasteiger partial charge in [-0.1, -0.05) is 0 Å². The SMILES string of the molecule is CC(=O)N[C@H](C(=O)O)[C@H]1[C@H](OC(C)=O)O[C@H](COC(C)=O)[C@@H](OC(C)=O)[C@@H]1OC(C)=O. The van der Waals surface area contributed by atoms with Crippen molar-refractivity contribution >= 4 is 35.8 Å². The van der Waals surface area contributed by atoms with E-state index in [1.165, 1.54) is 0 Å². The largest absolute Gasteiger partial charge is 0.480 e. The molecule has 31 heavy (non-hydrogen) atoms. The summed E-state index contributed by atoms with van der Waals surface area (Å²) in [5, 5.41) is 11.8. The zero-order valence-corrected chi connectivity index (χ0v) is 17.6. The molecule has 0 radical (unpaired) electrons. The van der Waals surface area contributed by atoms with E-state index in [2.05, 4.69) is 5.32 Å². The second-order valence-electron chi connectivity index (χ2n) is 6.70. The van der Waals surface area contributed by atoms with Gasteiger partial charge in [0.1, 0.15) is 18.8 Å². The molecule has 1 amide bonds. The minimum atomic E-state index is -1.76. The van der Waals surface area contributed by atoms with Gasteiger partial charge < -0.3 is 34.1 Å². The van der Waals surface area contributed by atoms with E-state index in [0.717, 1.165) is 34.6 Å². The Morgan fingerprint density at radius 3 is 1.77 bits per heavy atom. The molecule has 0 aromatic heterocycles. The fraction of sp³-hybridized carbons (Fsp3) is 0.667. The Kier molecular flexibility index (Phi) is 9.37. The van der Waals surface area contributed by atoms with Crippen molar-refractivity contribution in [1.82, 2.24) is 5.32 Å². The Morgan fingerprint density at radius 2 is 1.35 bits per heavy atom. The lowest BCUT2D eigenvalue weighted by Gasteiger charge is -2.46. The Bertz CT molecular complexity index is 735. The van der Waals surface area contributed by atoms with Crippen LogP contribution in [0.25, 0.3) is 0 Å². The van der Waals surface area contributed by atoms with Gasteiger partial charge >= 0.3 is 29.8 Å². The number of ether oxygens (including phenoxy) is 5. The van der Waals surface area contributed by atoms with Crippen LogP contribution in [0.3, 0.4) is 0 Å². The van der Waals surface area contributed by atoms with Gasteiger partial charge in [-0.25, -0.2) is 4.79 Å². The highest BCUT2D eigenvalue weighted by Gasteiger charge is 2.56. The number of carbonyl (C=O) groups excluding carboxylic acids is 5. The van der Waals surface area contributed by atoms with Crippen molar-refractivity contribution in [3.05, 3.63) is 0 Å². The summed E-state index contributed by atoms with van der Waals surface area (Å²) in [5.41, 5.74) is 0. The van der Waals surface area contributed by atoms with Crippen molar-refractivity contribution < 1.29 is 57.6 Å². The zero-order valence-electron chi connectivity index (χ0n) is 17.6. The third-order valence-corrected chi connectivity index (χ3v) is 4.04. The van der Waals surface area contributed by atoms with E-state index in [0.29, 0.717) is 0 Å². The summed E-state index contributed by atoms with van der Waals surface area (Å²) in [5.74, 6) is -7.13. The van der Waals surface area contributed by atoms with Crippen LogP contribution in [-0.4, -0.2) is 78.1 Å². The third-order valence-electron chi connectivity index (χ3n) is 4.04. The van der Waals surface area contributed by atoms with Crippen LogP contribution in [0.5, 0.6) is 0 Å². The highest BCUT2D eigenvalue weighted by Crippen LogP contribution is 2.34. The summed E-state index contributed by atoms with van der Waals surface area (Å²) in [6, 6.07) is -1.76. The molecule has 1 rings (SSSR count). The van der Waals surface area contributed by atoms with Gasteiger partial charge in [0.15, 0.2) is 12.2 Å². The second-order valence-corrected chi connectivity index (χ2v) is 6.70. The summed E-state index contributed by atoms with van der Waals surface area (Å²) in [6.45, 7) is 4.75. The van der Waals surface area contributed by atoms with Crippen LogP contribution >= 0.6 is 0 Å². The third kappa shape index (κ3) is 7.85. The normalized spacial score (nSPS) is 26.0. The average molecular weight is 447 g/mol. The Hall–Kier alpha value is -3.22. The summed E-state index contributed by atoms with van der Waals surface area (Å²) in [6.07, 6.45) is -5.95. The predicted molar refractivity (Wildman–Crippen MR) is 96.9 cm³/mol. The van der Waals surface area contributed by atoms with Crippen molar-refractivity contribution in [1.29, 1.82) is 0 Å². The van der Waals surface area contributed by atoms with Crippen molar-refractivity contribution in [3.63, 3.8) is 0 Å². The molecule has 0 aliphatic carbocycles. The average Bonchev–Trinajstić information content (AvgIpc) is 2.59. The number of carbonyl (C=O) groups is 6. The van der Waals surface area contributed by atoms with Gasteiger partial charge in [0, 0.05) is 34.6 Å². The van der Waals surface area contributed by atoms with E-state index in [1.54, 1.807) is 0 Å². The number of amides is 1. The smallest absolute Gasteiger partial charge is 0.326 e. The maximum Gasteiger partial charge on any atom is 0.326 e. The standard InChI is InChI=1S/C18H25NO12/c1-7(20)19-14(17(25)26)13-16(29-10(4)23)15(28-9(3)22)12(6-27-8(2)21)31-18(13)30-11(5)24/h12-16,18H,6H2,1-5H3,(H,19,20)(H,25,26)/t12-,13-,14+,15-,16-,18-/m1/s1. The number of aliphatic carboxylic acids is 1. The molecule has 1 saturated heterocycles. The molecule has 1 heterocycles. The molecular weight excluding hydrogens is 422 g/mol. The van der Waals surface area contributed by atoms with Gasteiger partial charge in [0.25, 0.3) is 0 Å². The maximum atomic E-state index is 11.9. The predicted octanol–water partition coefficient (Wildman–Crippen LogP) is -1.09. The van der Waals surface area contributed by atoms with E-state index in [4.69, 9.17) is 23.7 Å². The van der Waals surface area contributed by atoms with Gasteiger partial charge in [0.05, 0.1) is 5.92 Å². The van der Waals surface area contributed by atoms with Crippen LogP contribution in [-0.2, 0) is 52.5 Å². The first-order chi connectivity index (χ1) is 14.3. The summed E-state index contributed by atoms with van der Waals surface area (Å²) >= 11 is 0. The topological polar surface area (TPSA) is 181 Å². The first kappa shape index (κ1) is 25.8. The molecule has 174 valence electrons. The van der Waals surface area contributed by atoms with Crippen LogP contribution in [0.4, 0.5) is 0 Å². The number of carboxylic acid groups (broad SMARTS) is 1. The minimum absolute atomic E-state index is 0.493. The molecule has 1 aliphatic rings. The zero-order chi connectivity index (χ0) is 23.9. The first-order valence-corrected chi connectivity index (χ1v) is 9.13. The summed E-state index contributed by atoms with van der Waals surface area (Å²) in [4.78, 5) is 69.8. The molecule has 6 atom stereocenters. The molecule has 0 aromatic carbocycles. The first-order valence-electron chi connectivity index (χ1n) is 9.13. The summed E-state index contributed by atoms with van der Waals surface area (Å²) < 4.78 is 26.0. The van der Waals surface area contributed by atoms with Gasteiger partial charge in [-0.15, -0.1) is 0 Å². The lowest BCUT2D eigenvalue weighted by molar-refractivity contribution is -0.287. The van der Waals surface area contributed by atoms with E-state index in [9.17, 15) is 33.9 Å². The van der Waals surface area contributed by atoms with E-state index >= 15 is 0 Å². The molecule has 0 spiro atoms. The van der Waals surface area contributed by atoms with E-state index in [1.807, 2.05) is 0 Å². The van der Waals surface area contributed by atoms with Gasteiger partial charge in [-0.2, -0.15) is 0 Å². The molecule has 13 heteroatoms. The highest BCUT2D eigenvalue weighted by molar-refractivity contribution is 5.82. The maximum absolute atomic E-state index is 11.9.